The van der Waals surface area contributed by atoms with E-state index >= 15 is 0 Å². The third kappa shape index (κ3) is 3.34. The van der Waals surface area contributed by atoms with Crippen LogP contribution in [0.5, 0.6) is 5.75 Å². The monoisotopic (exact) mass is 288 g/mol. The predicted octanol–water partition coefficient (Wildman–Crippen LogP) is 3.84. The summed E-state index contributed by atoms with van der Waals surface area (Å²) in [5.74, 6) is 6.45. The van der Waals surface area contributed by atoms with E-state index in [0.29, 0.717) is 16.3 Å². The Kier molecular flexibility index (Phi) is 3.78. The summed E-state index contributed by atoms with van der Waals surface area (Å²) in [5, 5.41) is 14.9. The Morgan fingerprint density at radius 3 is 2.65 bits per heavy atom. The number of halogens is 1. The third-order valence-corrected chi connectivity index (χ3v) is 2.85. The molecule has 0 saturated carbocycles. The van der Waals surface area contributed by atoms with Crippen LogP contribution in [-0.4, -0.2) is 14.9 Å². The maximum absolute atomic E-state index is 9.99. The largest absolute Gasteiger partial charge is 0.507 e. The second kappa shape index (κ2) is 5.22. The van der Waals surface area contributed by atoms with Gasteiger partial charge in [-0.25, -0.2) is 0 Å². The minimum atomic E-state index is -0.0938. The highest BCUT2D eigenvalue weighted by Crippen LogP contribution is 2.32. The summed E-state index contributed by atoms with van der Waals surface area (Å²) >= 11 is 5.99. The molecular formula is C16H17ClN2O. The third-order valence-electron chi connectivity index (χ3n) is 2.61. The van der Waals surface area contributed by atoms with Crippen LogP contribution < -0.4 is 0 Å². The number of aromatic hydroxyl groups is 1. The molecule has 20 heavy (non-hydrogen) atoms. The van der Waals surface area contributed by atoms with E-state index in [-0.39, 0.29) is 11.2 Å². The quantitative estimate of drug-likeness (QED) is 0.810. The first-order chi connectivity index (χ1) is 9.26. The molecule has 0 fully saturated rings. The first-order valence-electron chi connectivity index (χ1n) is 6.32. The van der Waals surface area contributed by atoms with Crippen LogP contribution >= 0.6 is 11.6 Å². The topological polar surface area (TPSA) is 38.0 Å². The van der Waals surface area contributed by atoms with Gasteiger partial charge < -0.3 is 5.11 Å². The van der Waals surface area contributed by atoms with Crippen molar-refractivity contribution in [3.05, 3.63) is 35.0 Å². The molecule has 3 nitrogen and oxygen atoms in total. The van der Waals surface area contributed by atoms with E-state index in [1.165, 1.54) is 0 Å². The molecule has 1 aromatic carbocycles. The van der Waals surface area contributed by atoms with Crippen LogP contribution in [0.4, 0.5) is 0 Å². The molecule has 0 aliphatic rings. The highest BCUT2D eigenvalue weighted by molar-refractivity contribution is 6.31. The van der Waals surface area contributed by atoms with Crippen molar-refractivity contribution < 1.29 is 5.11 Å². The van der Waals surface area contributed by atoms with Crippen LogP contribution in [0.3, 0.4) is 0 Å². The molecule has 0 unspecified atom stereocenters. The number of nitrogens with zero attached hydrogens (tertiary/aromatic N) is 2. The van der Waals surface area contributed by atoms with Crippen LogP contribution in [0.1, 0.15) is 26.3 Å². The lowest BCUT2D eigenvalue weighted by Crippen LogP contribution is -1.99. The summed E-state index contributed by atoms with van der Waals surface area (Å²) in [4.78, 5) is 0. The molecule has 1 heterocycles. The standard InChI is InChI=1S/C16H17ClN2O/c1-16(2,3)8-7-11-10-19(4)18-15(11)13-9-12(17)5-6-14(13)20/h5-6,9-10,20H,1-4H3. The van der Waals surface area contributed by atoms with E-state index in [1.807, 2.05) is 34.0 Å². The van der Waals surface area contributed by atoms with Gasteiger partial charge in [0, 0.05) is 29.2 Å². The van der Waals surface area contributed by atoms with E-state index in [1.54, 1.807) is 22.9 Å². The minimum Gasteiger partial charge on any atom is -0.507 e. The average molecular weight is 289 g/mol. The van der Waals surface area contributed by atoms with Crippen molar-refractivity contribution >= 4 is 11.6 Å². The molecule has 1 N–H and O–H groups in total. The lowest BCUT2D eigenvalue weighted by molar-refractivity contribution is 0.477. The fourth-order valence-electron chi connectivity index (χ4n) is 1.73. The van der Waals surface area contributed by atoms with Gasteiger partial charge in [0.25, 0.3) is 0 Å². The highest BCUT2D eigenvalue weighted by atomic mass is 35.5. The Labute approximate surface area is 124 Å². The molecule has 0 aliphatic carbocycles. The van der Waals surface area contributed by atoms with Crippen LogP contribution in [-0.2, 0) is 7.05 Å². The van der Waals surface area contributed by atoms with Gasteiger partial charge in [0.05, 0.1) is 5.56 Å². The number of benzene rings is 1. The molecule has 4 heteroatoms. The molecule has 0 spiro atoms. The smallest absolute Gasteiger partial charge is 0.125 e. The molecule has 2 aromatic rings. The molecular weight excluding hydrogens is 272 g/mol. The number of phenolic OH excluding ortho intramolecular Hbond substituents is 1. The SMILES string of the molecule is Cn1cc(C#CC(C)(C)C)c(-c2cc(Cl)ccc2O)n1. The lowest BCUT2D eigenvalue weighted by atomic mass is 9.97. The van der Waals surface area contributed by atoms with Crippen molar-refractivity contribution in [2.75, 3.05) is 0 Å². The van der Waals surface area contributed by atoms with Gasteiger partial charge in [-0.05, 0) is 39.0 Å². The summed E-state index contributed by atoms with van der Waals surface area (Å²) in [6.07, 6.45) is 1.84. The zero-order valence-corrected chi connectivity index (χ0v) is 12.8. The molecule has 0 saturated heterocycles. The van der Waals surface area contributed by atoms with Crippen molar-refractivity contribution in [1.29, 1.82) is 0 Å². The van der Waals surface area contributed by atoms with Crippen molar-refractivity contribution in [3.8, 4) is 28.8 Å². The number of hydrogen-bond donors (Lipinski definition) is 1. The Morgan fingerprint density at radius 1 is 1.30 bits per heavy atom. The second-order valence-electron chi connectivity index (χ2n) is 5.73. The van der Waals surface area contributed by atoms with Crippen molar-refractivity contribution in [3.63, 3.8) is 0 Å². The zero-order valence-electron chi connectivity index (χ0n) is 12.0. The normalized spacial score (nSPS) is 11.1. The van der Waals surface area contributed by atoms with Crippen LogP contribution in [0.25, 0.3) is 11.3 Å². The maximum Gasteiger partial charge on any atom is 0.125 e. The van der Waals surface area contributed by atoms with Gasteiger partial charge in [0.2, 0.25) is 0 Å². The minimum absolute atomic E-state index is 0.0938. The van der Waals surface area contributed by atoms with Crippen LogP contribution in [0, 0.1) is 17.3 Å². The first-order valence-corrected chi connectivity index (χ1v) is 6.70. The van der Waals surface area contributed by atoms with Gasteiger partial charge in [-0.1, -0.05) is 23.4 Å². The summed E-state index contributed by atoms with van der Waals surface area (Å²) in [6.45, 7) is 6.15. The number of aromatic nitrogens is 2. The van der Waals surface area contributed by atoms with Gasteiger partial charge in [-0.15, -0.1) is 0 Å². The second-order valence-corrected chi connectivity index (χ2v) is 6.16. The number of phenols is 1. The molecule has 0 bridgehead atoms. The summed E-state index contributed by atoms with van der Waals surface area (Å²) < 4.78 is 1.68. The molecule has 0 radical (unpaired) electrons. The Balaban J connectivity index is 2.57. The maximum atomic E-state index is 9.99. The van der Waals surface area contributed by atoms with Gasteiger partial charge in [0.1, 0.15) is 11.4 Å². The first kappa shape index (κ1) is 14.5. The molecule has 104 valence electrons. The predicted molar refractivity (Wildman–Crippen MR) is 81.7 cm³/mol. The fraction of sp³-hybridized carbons (Fsp3) is 0.312. The zero-order chi connectivity index (χ0) is 14.9. The molecule has 0 atom stereocenters. The van der Waals surface area contributed by atoms with E-state index in [4.69, 9.17) is 11.6 Å². The number of aryl methyl sites for hydroxylation is 1. The molecule has 0 amide bonds. The van der Waals surface area contributed by atoms with Gasteiger partial charge in [-0.3, -0.25) is 4.68 Å². The van der Waals surface area contributed by atoms with Gasteiger partial charge in [0.15, 0.2) is 0 Å². The van der Waals surface area contributed by atoms with Crippen molar-refractivity contribution in [2.45, 2.75) is 20.8 Å². The summed E-state index contributed by atoms with van der Waals surface area (Å²) in [7, 11) is 1.83. The van der Waals surface area contributed by atoms with E-state index in [9.17, 15) is 5.11 Å². The highest BCUT2D eigenvalue weighted by Gasteiger charge is 2.14. The average Bonchev–Trinajstić information content (AvgIpc) is 2.70. The molecule has 1 aromatic heterocycles. The van der Waals surface area contributed by atoms with E-state index < -0.39 is 0 Å². The fourth-order valence-corrected chi connectivity index (χ4v) is 1.90. The Morgan fingerprint density at radius 2 is 2.00 bits per heavy atom. The lowest BCUT2D eigenvalue weighted by Gasteiger charge is -2.07. The summed E-state index contributed by atoms with van der Waals surface area (Å²) in [5.41, 5.74) is 1.92. The molecule has 2 rings (SSSR count). The Bertz CT molecular complexity index is 699. The van der Waals surface area contributed by atoms with E-state index in [2.05, 4.69) is 16.9 Å². The van der Waals surface area contributed by atoms with Gasteiger partial charge in [-0.2, -0.15) is 5.10 Å². The van der Waals surface area contributed by atoms with Gasteiger partial charge >= 0.3 is 0 Å². The number of rotatable bonds is 1. The van der Waals surface area contributed by atoms with Crippen molar-refractivity contribution in [1.82, 2.24) is 9.78 Å². The Hall–Kier alpha value is -1.92. The van der Waals surface area contributed by atoms with E-state index in [0.717, 1.165) is 5.56 Å². The number of hydrogen-bond acceptors (Lipinski definition) is 2. The van der Waals surface area contributed by atoms with Crippen LogP contribution in [0.15, 0.2) is 24.4 Å². The van der Waals surface area contributed by atoms with Crippen LogP contribution in [0.2, 0.25) is 5.02 Å². The molecule has 0 aliphatic heterocycles. The van der Waals surface area contributed by atoms with Crippen molar-refractivity contribution in [2.24, 2.45) is 12.5 Å². The summed E-state index contributed by atoms with van der Waals surface area (Å²) in [6, 6.07) is 4.90.